The van der Waals surface area contributed by atoms with Crippen LogP contribution in [-0.2, 0) is 23.9 Å². The van der Waals surface area contributed by atoms with Crippen molar-refractivity contribution < 1.29 is 14.0 Å². The van der Waals surface area contributed by atoms with Gasteiger partial charge in [-0.2, -0.15) is 5.10 Å². The van der Waals surface area contributed by atoms with Crippen LogP contribution < -0.4 is 5.32 Å². The highest BCUT2D eigenvalue weighted by atomic mass is 35.5. The van der Waals surface area contributed by atoms with Crippen molar-refractivity contribution in [2.75, 3.05) is 0 Å². The van der Waals surface area contributed by atoms with E-state index in [0.29, 0.717) is 23.1 Å². The number of fused-ring (bicyclic) bond motifs is 1. The van der Waals surface area contributed by atoms with Crippen LogP contribution >= 0.6 is 11.6 Å². The van der Waals surface area contributed by atoms with Crippen molar-refractivity contribution in [2.24, 2.45) is 7.05 Å². The zero-order valence-corrected chi connectivity index (χ0v) is 15.1. The second kappa shape index (κ2) is 5.88. The number of carbonyl (C=O) groups is 2. The molecule has 4 rings (SSSR count). The molecule has 1 aliphatic rings. The number of hydrogen-bond donors (Lipinski definition) is 1. The van der Waals surface area contributed by atoms with E-state index in [0.717, 1.165) is 5.39 Å². The highest BCUT2D eigenvalue weighted by Gasteiger charge is 2.52. The smallest absolute Gasteiger partial charge is 0.325 e. The zero-order chi connectivity index (χ0) is 18.5. The molecule has 0 saturated carbocycles. The average molecular weight is 373 g/mol. The third-order valence-corrected chi connectivity index (χ3v) is 5.17. The first-order valence-corrected chi connectivity index (χ1v) is 8.63. The Balaban J connectivity index is 1.72. The summed E-state index contributed by atoms with van der Waals surface area (Å²) in [5.74, 6) is -0.320. The van der Waals surface area contributed by atoms with Gasteiger partial charge in [0, 0.05) is 29.8 Å². The minimum atomic E-state index is -1.11. The summed E-state index contributed by atoms with van der Waals surface area (Å²) in [6.45, 7) is 1.90. The van der Waals surface area contributed by atoms with Crippen LogP contribution in [0.25, 0.3) is 11.0 Å². The van der Waals surface area contributed by atoms with Crippen molar-refractivity contribution in [1.82, 2.24) is 20.0 Å². The normalized spacial score (nSPS) is 20.2. The maximum absolute atomic E-state index is 13.2. The lowest BCUT2D eigenvalue weighted by molar-refractivity contribution is -0.132. The van der Waals surface area contributed by atoms with E-state index in [1.165, 1.54) is 4.90 Å². The van der Waals surface area contributed by atoms with Crippen LogP contribution in [0.5, 0.6) is 0 Å². The van der Waals surface area contributed by atoms with Crippen LogP contribution in [-0.4, -0.2) is 26.6 Å². The summed E-state index contributed by atoms with van der Waals surface area (Å²) in [6.07, 6.45) is 3.76. The lowest BCUT2D eigenvalue weighted by atomic mass is 9.89. The molecule has 8 heteroatoms. The van der Waals surface area contributed by atoms with E-state index < -0.39 is 11.6 Å². The fourth-order valence-electron chi connectivity index (χ4n) is 3.43. The van der Waals surface area contributed by atoms with E-state index in [4.69, 9.17) is 16.0 Å². The molecule has 0 bridgehead atoms. The van der Waals surface area contributed by atoms with Gasteiger partial charge in [-0.1, -0.05) is 25.1 Å². The molecule has 1 fully saturated rings. The number of furan rings is 1. The second-order valence-corrected chi connectivity index (χ2v) is 6.68. The van der Waals surface area contributed by atoms with E-state index in [1.54, 1.807) is 30.2 Å². The molecule has 26 heavy (non-hydrogen) atoms. The number of urea groups is 1. The van der Waals surface area contributed by atoms with E-state index in [2.05, 4.69) is 10.4 Å². The number of aryl methyl sites for hydroxylation is 1. The minimum Gasteiger partial charge on any atom is -0.444 e. The van der Waals surface area contributed by atoms with Gasteiger partial charge in [0.05, 0.1) is 12.7 Å². The van der Waals surface area contributed by atoms with Gasteiger partial charge in [0.15, 0.2) is 5.22 Å². The molecule has 1 atom stereocenters. The number of halogens is 1. The highest BCUT2D eigenvalue weighted by molar-refractivity contribution is 6.31. The van der Waals surface area contributed by atoms with Gasteiger partial charge in [0.2, 0.25) is 0 Å². The van der Waals surface area contributed by atoms with Crippen LogP contribution in [0.1, 0.15) is 24.5 Å². The predicted octanol–water partition coefficient (Wildman–Crippen LogP) is 3.18. The molecule has 134 valence electrons. The van der Waals surface area contributed by atoms with Crippen molar-refractivity contribution in [3.63, 3.8) is 0 Å². The number of benzene rings is 1. The van der Waals surface area contributed by atoms with Gasteiger partial charge in [-0.25, -0.2) is 4.79 Å². The third-order valence-electron chi connectivity index (χ3n) is 4.87. The number of nitrogens with zero attached hydrogens (tertiary/aromatic N) is 3. The van der Waals surface area contributed by atoms with Crippen molar-refractivity contribution in [1.29, 1.82) is 0 Å². The molecule has 0 spiro atoms. The van der Waals surface area contributed by atoms with Crippen LogP contribution in [0, 0.1) is 0 Å². The molecule has 2 aromatic heterocycles. The first-order valence-electron chi connectivity index (χ1n) is 8.25. The lowest BCUT2D eigenvalue weighted by Gasteiger charge is -2.23. The number of para-hydroxylation sites is 1. The third kappa shape index (κ3) is 2.31. The molecule has 3 amide bonds. The van der Waals surface area contributed by atoms with Crippen LogP contribution in [0.3, 0.4) is 0 Å². The van der Waals surface area contributed by atoms with E-state index in [9.17, 15) is 9.59 Å². The number of hydrogen-bond acceptors (Lipinski definition) is 4. The zero-order valence-electron chi connectivity index (χ0n) is 14.3. The van der Waals surface area contributed by atoms with Gasteiger partial charge >= 0.3 is 6.03 Å². The topological polar surface area (TPSA) is 80.4 Å². The molecule has 1 aliphatic heterocycles. The summed E-state index contributed by atoms with van der Waals surface area (Å²) in [5.41, 5.74) is 0.779. The Hall–Kier alpha value is -2.80. The van der Waals surface area contributed by atoms with Gasteiger partial charge in [0.1, 0.15) is 11.1 Å². The molecule has 1 saturated heterocycles. The summed E-state index contributed by atoms with van der Waals surface area (Å²) in [5, 5.41) is 7.93. The van der Waals surface area contributed by atoms with E-state index >= 15 is 0 Å². The number of nitrogens with one attached hydrogen (secondary N) is 1. The van der Waals surface area contributed by atoms with E-state index in [1.807, 2.05) is 25.1 Å². The Morgan fingerprint density at radius 3 is 2.77 bits per heavy atom. The Morgan fingerprint density at radius 2 is 2.08 bits per heavy atom. The molecule has 0 radical (unpaired) electrons. The standard InChI is InChI=1S/C18H17ClN4O3/c1-3-18(11-8-20-22(2)9-11)16(24)23(17(25)21-18)10-13-12-6-4-5-7-14(12)26-15(13)19/h4-9H,3,10H2,1-2H3,(H,21,25). The number of aromatic nitrogens is 2. The Morgan fingerprint density at radius 1 is 1.31 bits per heavy atom. The summed E-state index contributed by atoms with van der Waals surface area (Å²) in [6, 6.07) is 6.89. The summed E-state index contributed by atoms with van der Waals surface area (Å²) in [4.78, 5) is 27.0. The van der Waals surface area contributed by atoms with Gasteiger partial charge in [-0.05, 0) is 24.1 Å². The first-order chi connectivity index (χ1) is 12.5. The SMILES string of the molecule is CCC1(c2cnn(C)c2)NC(=O)N(Cc2c(Cl)oc3ccccc23)C1=O. The summed E-state index contributed by atoms with van der Waals surface area (Å²) in [7, 11) is 1.77. The molecular formula is C18H17ClN4O3. The Labute approximate surface area is 154 Å². The van der Waals surface area contributed by atoms with Crippen LogP contribution in [0.15, 0.2) is 41.1 Å². The van der Waals surface area contributed by atoms with Gasteiger partial charge in [0.25, 0.3) is 5.91 Å². The largest absolute Gasteiger partial charge is 0.444 e. The quantitative estimate of drug-likeness (QED) is 0.713. The molecule has 3 heterocycles. The molecule has 7 nitrogen and oxygen atoms in total. The van der Waals surface area contributed by atoms with Gasteiger partial charge < -0.3 is 9.73 Å². The van der Waals surface area contributed by atoms with Crippen molar-refractivity contribution >= 4 is 34.5 Å². The van der Waals surface area contributed by atoms with Crippen molar-refractivity contribution in [3.8, 4) is 0 Å². The molecule has 1 N–H and O–H groups in total. The van der Waals surface area contributed by atoms with E-state index in [-0.39, 0.29) is 17.7 Å². The predicted molar refractivity (Wildman–Crippen MR) is 95.5 cm³/mol. The maximum Gasteiger partial charge on any atom is 0.325 e. The van der Waals surface area contributed by atoms with Crippen LogP contribution in [0.4, 0.5) is 4.79 Å². The molecule has 1 aromatic carbocycles. The molecule has 3 aromatic rings. The minimum absolute atomic E-state index is 0.0442. The van der Waals surface area contributed by atoms with Crippen molar-refractivity contribution in [2.45, 2.75) is 25.4 Å². The lowest BCUT2D eigenvalue weighted by Crippen LogP contribution is -2.43. The number of carbonyl (C=O) groups excluding carboxylic acids is 2. The number of imide groups is 1. The fourth-order valence-corrected chi connectivity index (χ4v) is 3.67. The fraction of sp³-hybridized carbons (Fsp3) is 0.278. The average Bonchev–Trinajstić information content (AvgIpc) is 3.26. The summed E-state index contributed by atoms with van der Waals surface area (Å²) < 4.78 is 7.13. The maximum atomic E-state index is 13.2. The molecular weight excluding hydrogens is 356 g/mol. The Bertz CT molecular complexity index is 1020. The second-order valence-electron chi connectivity index (χ2n) is 6.33. The number of amides is 3. The summed E-state index contributed by atoms with van der Waals surface area (Å²) >= 11 is 6.22. The van der Waals surface area contributed by atoms with Crippen molar-refractivity contribution in [3.05, 3.63) is 53.0 Å². The molecule has 0 aliphatic carbocycles. The van der Waals surface area contributed by atoms with Gasteiger partial charge in [-0.15, -0.1) is 0 Å². The Kier molecular flexibility index (Phi) is 3.77. The molecule has 1 unspecified atom stereocenters. The van der Waals surface area contributed by atoms with Gasteiger partial charge in [-0.3, -0.25) is 14.4 Å². The van der Waals surface area contributed by atoms with Crippen LogP contribution in [0.2, 0.25) is 5.22 Å². The number of rotatable bonds is 4. The highest BCUT2D eigenvalue weighted by Crippen LogP contribution is 2.36. The first kappa shape index (κ1) is 16.7. The monoisotopic (exact) mass is 372 g/mol.